The molecular formula is C52H83O26+. The summed E-state index contributed by atoms with van der Waals surface area (Å²) in [4.78, 5) is 26.0. The highest BCUT2D eigenvalue weighted by Crippen LogP contribution is 2.44. The smallest absolute Gasteiger partial charge is 0.330 e. The van der Waals surface area contributed by atoms with E-state index in [9.17, 15) is 81.1 Å². The summed E-state index contributed by atoms with van der Waals surface area (Å²) in [6.45, 7) is -2.02. The molecule has 27 unspecified atom stereocenters. The molecule has 0 radical (unpaired) electrons. The predicted octanol–water partition coefficient (Wildman–Crippen LogP) is -4.92. The quantitative estimate of drug-likeness (QED) is 0.0369. The van der Waals surface area contributed by atoms with Gasteiger partial charge in [0.05, 0.1) is 55.3 Å². The molecule has 4 saturated carbocycles. The van der Waals surface area contributed by atoms with Gasteiger partial charge in [0.2, 0.25) is 0 Å². The van der Waals surface area contributed by atoms with Crippen molar-refractivity contribution in [3.63, 3.8) is 0 Å². The second-order valence-electron chi connectivity index (χ2n) is 22.6. The first-order valence-electron chi connectivity index (χ1n) is 27.5. The van der Waals surface area contributed by atoms with Crippen molar-refractivity contribution < 1.29 is 128 Å². The van der Waals surface area contributed by atoms with E-state index in [4.69, 9.17) is 47.4 Å². The zero-order valence-electron chi connectivity index (χ0n) is 43.6. The largest absolute Gasteiger partial charge is 0.460 e. The molecule has 27 atom stereocenters. The zero-order chi connectivity index (χ0) is 56.1. The zero-order valence-corrected chi connectivity index (χ0v) is 43.6. The van der Waals surface area contributed by atoms with Crippen LogP contribution in [0.25, 0.3) is 0 Å². The van der Waals surface area contributed by atoms with Crippen molar-refractivity contribution in [2.24, 2.45) is 23.7 Å². The lowest BCUT2D eigenvalue weighted by Crippen LogP contribution is -2.66. The Balaban J connectivity index is 1.03. The van der Waals surface area contributed by atoms with E-state index in [2.05, 4.69) is 0 Å². The highest BCUT2D eigenvalue weighted by atomic mass is 16.8. The molecule has 4 heterocycles. The van der Waals surface area contributed by atoms with Gasteiger partial charge in [-0.15, -0.1) is 0 Å². The maximum Gasteiger partial charge on any atom is 0.330 e. The van der Waals surface area contributed by atoms with Gasteiger partial charge in [0, 0.05) is 38.0 Å². The molecule has 446 valence electrons. The molecule has 0 bridgehead atoms. The van der Waals surface area contributed by atoms with Gasteiger partial charge in [-0.2, -0.15) is 0 Å². The lowest BCUT2D eigenvalue weighted by Gasteiger charge is -2.50. The van der Waals surface area contributed by atoms with Gasteiger partial charge in [0.1, 0.15) is 92.6 Å². The maximum atomic E-state index is 13.1. The second-order valence-corrected chi connectivity index (χ2v) is 22.6. The molecule has 4 aliphatic carbocycles. The number of allylic oxidation sites excluding steroid dienone is 2. The molecule has 4 saturated heterocycles. The fraction of sp³-hybridized carbons (Fsp3) is 0.885. The van der Waals surface area contributed by atoms with Crippen molar-refractivity contribution in [1.29, 1.82) is 0 Å². The Hall–Kier alpha value is -2.46. The van der Waals surface area contributed by atoms with Crippen LogP contribution in [-0.2, 0) is 52.2 Å². The van der Waals surface area contributed by atoms with Crippen molar-refractivity contribution in [2.75, 3.05) is 26.9 Å². The second kappa shape index (κ2) is 27.7. The number of hydrogen-bond donors (Lipinski definition) is 14. The molecule has 0 spiro atoms. The number of esters is 2. The number of aliphatic hydroxyl groups excluding tert-OH is 14. The number of fused-ring (bicyclic) bond motifs is 1. The SMILES string of the molecule is COC1CC(C=CC(=O)OCC2OC(OC3C(OC4CC5C(OC6OC(CO)C(O)C(O)C6O)CC(O)CC5[OH+]C4C4CCC(O)CC4)OC(COC(=O)C=CC4CCC(O)C(O)C4)C(O)C3O)C(O)C(O)C2O)CCC1O. The molecule has 26 nitrogen and oxygen atoms in total. The van der Waals surface area contributed by atoms with Crippen LogP contribution in [0.15, 0.2) is 24.3 Å². The van der Waals surface area contributed by atoms with E-state index < -0.39 is 191 Å². The topological polar surface area (TPSA) is 413 Å². The van der Waals surface area contributed by atoms with Crippen molar-refractivity contribution in [2.45, 2.75) is 237 Å². The average Bonchev–Trinajstić information content (AvgIpc) is 3.51. The molecule has 0 aromatic carbocycles. The number of methoxy groups -OCH3 is 1. The first kappa shape index (κ1) is 61.6. The van der Waals surface area contributed by atoms with Gasteiger partial charge in [0.15, 0.2) is 31.1 Å². The lowest BCUT2D eigenvalue weighted by atomic mass is 9.73. The minimum absolute atomic E-state index is 0.00135. The van der Waals surface area contributed by atoms with Crippen molar-refractivity contribution in [1.82, 2.24) is 0 Å². The number of hydrogen-bond acceptors (Lipinski definition) is 25. The first-order chi connectivity index (χ1) is 37.2. The standard InChI is InChI=1S/C52H82O26/c1-69-33-15-23(3-11-29(33)57)5-13-39(60)70-20-36-41(62)44(65)47(68)51(76-36)78-49-45(66)42(63)37(21-71-38(59)12-4-22-2-10-28(56)30(58)14-22)77-52(49)74-34-18-27-31(72-48(34)24-6-8-25(54)9-7-24)16-26(55)17-32(27)73-50-46(67)43(64)40(61)35(19-53)75-50/h4-5,12-13,22-37,40-58,61-68H,2-3,6-11,14-21H2,1H3/p+1. The minimum Gasteiger partial charge on any atom is -0.460 e. The van der Waals surface area contributed by atoms with Crippen molar-refractivity contribution in [3.05, 3.63) is 24.3 Å². The van der Waals surface area contributed by atoms with E-state index >= 15 is 0 Å². The summed E-state index contributed by atoms with van der Waals surface area (Å²) in [5.74, 6) is -2.86. The molecule has 0 amide bonds. The van der Waals surface area contributed by atoms with E-state index in [-0.39, 0.29) is 43.4 Å². The summed E-state index contributed by atoms with van der Waals surface area (Å²) in [5, 5.41) is 151. The summed E-state index contributed by atoms with van der Waals surface area (Å²) in [7, 11) is 1.48. The van der Waals surface area contributed by atoms with E-state index in [1.54, 1.807) is 6.08 Å². The van der Waals surface area contributed by atoms with E-state index in [0.29, 0.717) is 57.8 Å². The van der Waals surface area contributed by atoms with Gasteiger partial charge in [-0.3, -0.25) is 0 Å². The molecule has 0 aromatic heterocycles. The Morgan fingerprint density at radius 3 is 1.64 bits per heavy atom. The molecule has 4 aliphatic heterocycles. The van der Waals surface area contributed by atoms with Crippen LogP contribution in [0.5, 0.6) is 0 Å². The van der Waals surface area contributed by atoms with Crippen LogP contribution in [0.1, 0.15) is 83.5 Å². The van der Waals surface area contributed by atoms with E-state index in [1.165, 1.54) is 19.3 Å². The molecule has 8 aliphatic rings. The van der Waals surface area contributed by atoms with Crippen LogP contribution in [0.2, 0.25) is 0 Å². The maximum absolute atomic E-state index is 13.1. The van der Waals surface area contributed by atoms with Gasteiger partial charge in [-0.25, -0.2) is 9.59 Å². The molecule has 78 heavy (non-hydrogen) atoms. The summed E-state index contributed by atoms with van der Waals surface area (Å²) < 4.78 is 58.7. The number of rotatable bonds is 17. The van der Waals surface area contributed by atoms with Gasteiger partial charge < -0.3 is 119 Å². The van der Waals surface area contributed by atoms with Crippen LogP contribution >= 0.6 is 0 Å². The number of carbonyl (C=O) groups is 2. The fourth-order valence-electron chi connectivity index (χ4n) is 12.5. The average molecular weight is 1120 g/mol. The van der Waals surface area contributed by atoms with Crippen LogP contribution in [-0.4, -0.2) is 268 Å². The Morgan fingerprint density at radius 2 is 1.04 bits per heavy atom. The Bertz CT molecular complexity index is 1960. The molecular weight excluding hydrogens is 1040 g/mol. The van der Waals surface area contributed by atoms with E-state index in [0.717, 1.165) is 6.08 Å². The monoisotopic (exact) mass is 1120 g/mol. The van der Waals surface area contributed by atoms with Gasteiger partial charge in [0.25, 0.3) is 0 Å². The van der Waals surface area contributed by atoms with E-state index in [1.807, 2.05) is 0 Å². The van der Waals surface area contributed by atoms with Crippen molar-refractivity contribution >= 4 is 11.9 Å². The van der Waals surface area contributed by atoms with Crippen molar-refractivity contribution in [3.8, 4) is 0 Å². The van der Waals surface area contributed by atoms with Crippen LogP contribution in [0.3, 0.4) is 0 Å². The third-order valence-corrected chi connectivity index (χ3v) is 17.2. The number of aliphatic hydroxyl groups is 16. The van der Waals surface area contributed by atoms with Crippen LogP contribution in [0.4, 0.5) is 0 Å². The summed E-state index contributed by atoms with van der Waals surface area (Å²) in [6, 6.07) is 0. The Kier molecular flexibility index (Phi) is 21.9. The summed E-state index contributed by atoms with van der Waals surface area (Å²) in [6.07, 6.45) is -23.7. The van der Waals surface area contributed by atoms with Crippen LogP contribution in [0, 0.1) is 23.7 Å². The first-order valence-corrected chi connectivity index (χ1v) is 27.5. The highest BCUT2D eigenvalue weighted by molar-refractivity contribution is 5.82. The minimum atomic E-state index is -2.02. The molecule has 15 N–H and O–H groups in total. The molecule has 8 fully saturated rings. The number of carbonyl (C=O) groups excluding carboxylic acids is 2. The van der Waals surface area contributed by atoms with Gasteiger partial charge in [-0.05, 0) is 82.5 Å². The molecule has 0 aromatic rings. The lowest BCUT2D eigenvalue weighted by molar-refractivity contribution is -0.389. The van der Waals surface area contributed by atoms with Gasteiger partial charge in [-0.1, -0.05) is 12.2 Å². The molecule has 26 heteroatoms. The summed E-state index contributed by atoms with van der Waals surface area (Å²) in [5.41, 5.74) is 0. The fourth-order valence-corrected chi connectivity index (χ4v) is 12.5. The Morgan fingerprint density at radius 1 is 0.500 bits per heavy atom. The number of ether oxygens (including phenoxy) is 10. The third-order valence-electron chi connectivity index (χ3n) is 17.2. The predicted molar refractivity (Wildman–Crippen MR) is 261 cm³/mol. The Labute approximate surface area is 451 Å². The summed E-state index contributed by atoms with van der Waals surface area (Å²) >= 11 is 0. The third kappa shape index (κ3) is 14.8. The normalized spacial score (nSPS) is 48.6. The van der Waals surface area contributed by atoms with Gasteiger partial charge >= 0.3 is 11.9 Å². The van der Waals surface area contributed by atoms with Crippen LogP contribution < -0.4 is 0 Å². The highest BCUT2D eigenvalue weighted by Gasteiger charge is 2.58. The molecule has 8 rings (SSSR count).